The molecule has 2 aromatic carbocycles. The zero-order valence-electron chi connectivity index (χ0n) is 13.4. The minimum absolute atomic E-state index is 0.117. The van der Waals surface area contributed by atoms with E-state index in [9.17, 15) is 9.18 Å². The standard InChI is InChI=1S/C19H21FN2O2/c20-18-9-5-4-8-15(18)12-21-16-10-17(11-16)22-19(23)24-13-14-6-2-1-3-7-14/h1-9,16-17,21H,10-13H2,(H,22,23). The van der Waals surface area contributed by atoms with Gasteiger partial charge in [-0.3, -0.25) is 0 Å². The maximum Gasteiger partial charge on any atom is 0.407 e. The van der Waals surface area contributed by atoms with Gasteiger partial charge in [0.1, 0.15) is 12.4 Å². The minimum atomic E-state index is -0.392. The van der Waals surface area contributed by atoms with E-state index in [-0.39, 0.29) is 18.5 Å². The molecule has 0 saturated heterocycles. The third-order valence-corrected chi connectivity index (χ3v) is 4.21. The van der Waals surface area contributed by atoms with Crippen LogP contribution in [0.5, 0.6) is 0 Å². The third kappa shape index (κ3) is 4.55. The summed E-state index contributed by atoms with van der Waals surface area (Å²) in [5.74, 6) is -0.191. The van der Waals surface area contributed by atoms with Crippen LogP contribution in [0.2, 0.25) is 0 Å². The first kappa shape index (κ1) is 16.5. The highest BCUT2D eigenvalue weighted by Gasteiger charge is 2.30. The number of ether oxygens (including phenoxy) is 1. The number of halogens is 1. The molecular weight excluding hydrogens is 307 g/mol. The fourth-order valence-electron chi connectivity index (χ4n) is 2.73. The van der Waals surface area contributed by atoms with E-state index in [4.69, 9.17) is 4.74 Å². The summed E-state index contributed by atoms with van der Waals surface area (Å²) in [6.45, 7) is 0.775. The molecule has 126 valence electrons. The van der Waals surface area contributed by atoms with E-state index >= 15 is 0 Å². The van der Waals surface area contributed by atoms with Crippen molar-refractivity contribution in [1.82, 2.24) is 10.6 Å². The van der Waals surface area contributed by atoms with E-state index in [2.05, 4.69) is 10.6 Å². The molecule has 0 radical (unpaired) electrons. The van der Waals surface area contributed by atoms with Crippen molar-refractivity contribution in [2.45, 2.75) is 38.1 Å². The Morgan fingerprint density at radius 2 is 1.75 bits per heavy atom. The number of hydrogen-bond acceptors (Lipinski definition) is 3. The maximum absolute atomic E-state index is 13.5. The second-order valence-corrected chi connectivity index (χ2v) is 6.04. The normalized spacial score (nSPS) is 19.4. The van der Waals surface area contributed by atoms with Crippen LogP contribution in [-0.4, -0.2) is 18.2 Å². The molecule has 0 spiro atoms. The van der Waals surface area contributed by atoms with Crippen LogP contribution in [0.15, 0.2) is 54.6 Å². The summed E-state index contributed by atoms with van der Waals surface area (Å²) >= 11 is 0. The Bertz CT molecular complexity index is 672. The third-order valence-electron chi connectivity index (χ3n) is 4.21. The number of carbonyl (C=O) groups excluding carboxylic acids is 1. The summed E-state index contributed by atoms with van der Waals surface area (Å²) in [6.07, 6.45) is 1.26. The summed E-state index contributed by atoms with van der Waals surface area (Å²) < 4.78 is 18.7. The monoisotopic (exact) mass is 328 g/mol. The van der Waals surface area contributed by atoms with Crippen molar-refractivity contribution in [3.8, 4) is 0 Å². The van der Waals surface area contributed by atoms with Gasteiger partial charge in [-0.1, -0.05) is 48.5 Å². The lowest BCUT2D eigenvalue weighted by atomic mass is 9.87. The summed E-state index contributed by atoms with van der Waals surface area (Å²) in [4.78, 5) is 11.7. The fourth-order valence-corrected chi connectivity index (χ4v) is 2.73. The summed E-state index contributed by atoms with van der Waals surface area (Å²) in [5.41, 5.74) is 1.63. The Morgan fingerprint density at radius 3 is 2.50 bits per heavy atom. The van der Waals surface area contributed by atoms with E-state index in [1.807, 2.05) is 36.4 Å². The van der Waals surface area contributed by atoms with Gasteiger partial charge in [0.15, 0.2) is 0 Å². The molecular formula is C19H21FN2O2. The van der Waals surface area contributed by atoms with Crippen LogP contribution in [0.25, 0.3) is 0 Å². The molecule has 1 amide bonds. The number of hydrogen-bond donors (Lipinski definition) is 2. The molecule has 0 unspecified atom stereocenters. The Morgan fingerprint density at radius 1 is 1.04 bits per heavy atom. The number of carbonyl (C=O) groups is 1. The molecule has 3 rings (SSSR count). The highest BCUT2D eigenvalue weighted by atomic mass is 19.1. The van der Waals surface area contributed by atoms with Gasteiger partial charge in [0.25, 0.3) is 0 Å². The topological polar surface area (TPSA) is 50.4 Å². The van der Waals surface area contributed by atoms with Gasteiger partial charge in [0.05, 0.1) is 0 Å². The number of rotatable bonds is 6. The van der Waals surface area contributed by atoms with Crippen molar-refractivity contribution in [2.24, 2.45) is 0 Å². The lowest BCUT2D eigenvalue weighted by molar-refractivity contribution is 0.125. The van der Waals surface area contributed by atoms with Gasteiger partial charge in [0, 0.05) is 24.2 Å². The predicted octanol–water partition coefficient (Wildman–Crippen LogP) is 3.37. The van der Waals surface area contributed by atoms with Gasteiger partial charge in [0.2, 0.25) is 0 Å². The Hall–Kier alpha value is -2.40. The average Bonchev–Trinajstić information content (AvgIpc) is 2.57. The Kier molecular flexibility index (Phi) is 5.43. The molecule has 2 N–H and O–H groups in total. The molecule has 0 aliphatic heterocycles. The fraction of sp³-hybridized carbons (Fsp3) is 0.316. The van der Waals surface area contributed by atoms with E-state index in [1.54, 1.807) is 12.1 Å². The number of nitrogens with one attached hydrogen (secondary N) is 2. The molecule has 1 fully saturated rings. The van der Waals surface area contributed by atoms with E-state index in [1.165, 1.54) is 6.07 Å². The van der Waals surface area contributed by atoms with Crippen LogP contribution >= 0.6 is 0 Å². The second kappa shape index (κ2) is 7.93. The van der Waals surface area contributed by atoms with Gasteiger partial charge in [-0.15, -0.1) is 0 Å². The largest absolute Gasteiger partial charge is 0.445 e. The average molecular weight is 328 g/mol. The lowest BCUT2D eigenvalue weighted by Gasteiger charge is -2.36. The Labute approximate surface area is 141 Å². The van der Waals surface area contributed by atoms with Crippen LogP contribution in [0.4, 0.5) is 9.18 Å². The molecule has 24 heavy (non-hydrogen) atoms. The van der Waals surface area contributed by atoms with Crippen molar-refractivity contribution in [3.63, 3.8) is 0 Å². The summed E-state index contributed by atoms with van der Waals surface area (Å²) in [6, 6.07) is 16.7. The van der Waals surface area contributed by atoms with Crippen LogP contribution < -0.4 is 10.6 Å². The summed E-state index contributed by atoms with van der Waals surface area (Å²) in [7, 11) is 0. The highest BCUT2D eigenvalue weighted by molar-refractivity contribution is 5.67. The van der Waals surface area contributed by atoms with Crippen molar-refractivity contribution < 1.29 is 13.9 Å². The van der Waals surface area contributed by atoms with Crippen LogP contribution in [0.1, 0.15) is 24.0 Å². The molecule has 0 aromatic heterocycles. The lowest BCUT2D eigenvalue weighted by Crippen LogP contribution is -2.52. The molecule has 0 atom stereocenters. The molecule has 2 aromatic rings. The number of alkyl carbamates (subject to hydrolysis) is 1. The molecule has 4 nitrogen and oxygen atoms in total. The molecule has 0 bridgehead atoms. The summed E-state index contributed by atoms with van der Waals surface area (Å²) in [5, 5.41) is 6.16. The first-order valence-electron chi connectivity index (χ1n) is 8.14. The van der Waals surface area contributed by atoms with Crippen molar-refractivity contribution in [2.75, 3.05) is 0 Å². The van der Waals surface area contributed by atoms with E-state index < -0.39 is 6.09 Å². The van der Waals surface area contributed by atoms with Gasteiger partial charge in [-0.05, 0) is 24.5 Å². The quantitative estimate of drug-likeness (QED) is 0.855. The van der Waals surface area contributed by atoms with Gasteiger partial charge >= 0.3 is 6.09 Å². The van der Waals surface area contributed by atoms with Gasteiger partial charge < -0.3 is 15.4 Å². The molecule has 0 heterocycles. The molecule has 1 saturated carbocycles. The van der Waals surface area contributed by atoms with E-state index in [0.29, 0.717) is 18.2 Å². The van der Waals surface area contributed by atoms with Crippen molar-refractivity contribution in [3.05, 3.63) is 71.5 Å². The highest BCUT2D eigenvalue weighted by Crippen LogP contribution is 2.21. The number of amides is 1. The first-order chi connectivity index (χ1) is 11.7. The van der Waals surface area contributed by atoms with Crippen LogP contribution in [0, 0.1) is 5.82 Å². The smallest absolute Gasteiger partial charge is 0.407 e. The van der Waals surface area contributed by atoms with Gasteiger partial charge in [-0.2, -0.15) is 0 Å². The zero-order valence-corrected chi connectivity index (χ0v) is 13.4. The minimum Gasteiger partial charge on any atom is -0.445 e. The van der Waals surface area contributed by atoms with Crippen molar-refractivity contribution in [1.29, 1.82) is 0 Å². The maximum atomic E-state index is 13.5. The number of benzene rings is 2. The van der Waals surface area contributed by atoms with Crippen molar-refractivity contribution >= 4 is 6.09 Å². The van der Waals surface area contributed by atoms with Crippen LogP contribution in [-0.2, 0) is 17.9 Å². The predicted molar refractivity (Wildman–Crippen MR) is 89.8 cm³/mol. The first-order valence-corrected chi connectivity index (χ1v) is 8.14. The zero-order chi connectivity index (χ0) is 16.8. The van der Waals surface area contributed by atoms with Gasteiger partial charge in [-0.25, -0.2) is 9.18 Å². The molecule has 1 aliphatic rings. The van der Waals surface area contributed by atoms with E-state index in [0.717, 1.165) is 18.4 Å². The molecule has 1 aliphatic carbocycles. The molecule has 5 heteroatoms. The van der Waals surface area contributed by atoms with Crippen LogP contribution in [0.3, 0.4) is 0 Å². The SMILES string of the molecule is O=C(NC1CC(NCc2ccccc2F)C1)OCc1ccccc1. The Balaban J connectivity index is 1.32. The second-order valence-electron chi connectivity index (χ2n) is 6.04.